The van der Waals surface area contributed by atoms with Gasteiger partial charge in [0.15, 0.2) is 0 Å². The Labute approximate surface area is 154 Å². The quantitative estimate of drug-likeness (QED) is 0.814. The van der Waals surface area contributed by atoms with Crippen molar-refractivity contribution in [2.45, 2.75) is 37.9 Å². The molecular weight excluding hydrogens is 350 g/mol. The molecule has 3 N–H and O–H groups in total. The Bertz CT molecular complexity index is 918. The first-order chi connectivity index (χ1) is 12.6. The summed E-state index contributed by atoms with van der Waals surface area (Å²) in [5.41, 5.74) is 9.78. The molecule has 1 aliphatic carbocycles. The molecule has 0 bridgehead atoms. The number of amides is 1. The molecule has 26 heavy (non-hydrogen) atoms. The second-order valence-corrected chi connectivity index (χ2v) is 6.99. The van der Waals surface area contributed by atoms with Crippen LogP contribution in [0.3, 0.4) is 0 Å². The van der Waals surface area contributed by atoms with E-state index in [1.165, 1.54) is 5.56 Å². The summed E-state index contributed by atoms with van der Waals surface area (Å²) in [6, 6.07) is 14.3. The van der Waals surface area contributed by atoms with E-state index < -0.39 is 16.5 Å². The van der Waals surface area contributed by atoms with E-state index >= 15 is 0 Å². The van der Waals surface area contributed by atoms with Crippen molar-refractivity contribution in [3.8, 4) is 0 Å². The highest BCUT2D eigenvalue weighted by atomic mass is 32.2. The summed E-state index contributed by atoms with van der Waals surface area (Å²) in [6.07, 6.45) is 1.71. The lowest BCUT2D eigenvalue weighted by molar-refractivity contribution is -0.122. The maximum atomic E-state index is 12.5. The number of nitrogens with one attached hydrogen (secondary N) is 1. The fraction of sp³-hybridized carbons (Fsp3) is 0.316. The number of aryl methyl sites for hydroxylation is 1. The Morgan fingerprint density at radius 3 is 2.69 bits per heavy atom. The molecule has 0 saturated heterocycles. The largest absolute Gasteiger partial charge is 0.349 e. The predicted octanol–water partition coefficient (Wildman–Crippen LogP) is 2.44. The van der Waals surface area contributed by atoms with E-state index in [9.17, 15) is 13.2 Å². The molecule has 3 rings (SSSR count). The summed E-state index contributed by atoms with van der Waals surface area (Å²) in [6.45, 7) is 0.497. The first kappa shape index (κ1) is 18.3. The molecule has 0 fully saturated rings. The average molecular weight is 371 g/mol. The van der Waals surface area contributed by atoms with Gasteiger partial charge in [-0.2, -0.15) is 12.8 Å². The van der Waals surface area contributed by atoms with E-state index in [0.29, 0.717) is 12.1 Å². The monoisotopic (exact) mass is 371 g/mol. The van der Waals surface area contributed by atoms with E-state index in [4.69, 9.17) is 5.73 Å². The number of nitrogens with zero attached hydrogens (tertiary/aromatic N) is 1. The normalized spacial score (nSPS) is 16.6. The third-order valence-corrected chi connectivity index (χ3v) is 5.06. The number of hydrogen-bond acceptors (Lipinski definition) is 5. The molecule has 6 nitrogen and oxygen atoms in total. The Morgan fingerprint density at radius 2 is 2.00 bits per heavy atom. The van der Waals surface area contributed by atoms with Gasteiger partial charge in [-0.1, -0.05) is 48.5 Å². The molecule has 1 aliphatic rings. The number of fused-ring (bicyclic) bond motifs is 1. The molecule has 136 valence electrons. The van der Waals surface area contributed by atoms with Crippen LogP contribution in [0, 0.1) is 0 Å². The summed E-state index contributed by atoms with van der Waals surface area (Å²) < 4.78 is 25.7. The third kappa shape index (κ3) is 4.36. The molecule has 2 aromatic carbocycles. The minimum atomic E-state index is -2.57. The van der Waals surface area contributed by atoms with E-state index in [1.807, 2.05) is 18.2 Å². The molecule has 0 saturated carbocycles. The topological polar surface area (TPSA) is 102 Å². The first-order valence-electron chi connectivity index (χ1n) is 8.53. The van der Waals surface area contributed by atoms with Gasteiger partial charge in [-0.3, -0.25) is 4.79 Å². The van der Waals surface area contributed by atoms with Gasteiger partial charge < -0.3 is 11.1 Å². The standard InChI is InChI=1S/C19H21N3O3S/c20-12-13-6-8-16-15(10-13)7-9-17(16)21-19(23)11-18(22-26(24)25)14-4-2-1-3-5-14/h1-6,8,10,17-18H,7,9,11-12,20H2,(H,21,23). The molecule has 0 radical (unpaired) electrons. The van der Waals surface area contributed by atoms with Gasteiger partial charge in [0.25, 0.3) is 0 Å². The van der Waals surface area contributed by atoms with Crippen molar-refractivity contribution in [3.05, 3.63) is 70.8 Å². The maximum absolute atomic E-state index is 12.5. The minimum absolute atomic E-state index is 0.00922. The molecule has 0 heterocycles. The number of rotatable bonds is 6. The van der Waals surface area contributed by atoms with Crippen LogP contribution in [0.1, 0.15) is 47.2 Å². The van der Waals surface area contributed by atoms with Gasteiger partial charge in [-0.05, 0) is 35.1 Å². The van der Waals surface area contributed by atoms with Gasteiger partial charge in [-0.25, -0.2) is 0 Å². The maximum Gasteiger partial charge on any atom is 0.311 e. The summed E-state index contributed by atoms with van der Waals surface area (Å²) in [5.74, 6) is -0.214. The van der Waals surface area contributed by atoms with Crippen LogP contribution in [-0.2, 0) is 28.3 Å². The molecule has 0 aliphatic heterocycles. The van der Waals surface area contributed by atoms with E-state index in [1.54, 1.807) is 24.3 Å². The van der Waals surface area contributed by atoms with Gasteiger partial charge in [0.1, 0.15) is 6.04 Å². The van der Waals surface area contributed by atoms with Crippen molar-refractivity contribution in [2.24, 2.45) is 10.1 Å². The van der Waals surface area contributed by atoms with Crippen LogP contribution in [0.15, 0.2) is 52.9 Å². The second kappa shape index (κ2) is 8.25. The van der Waals surface area contributed by atoms with Crippen LogP contribution in [0.25, 0.3) is 0 Å². The molecule has 2 unspecified atom stereocenters. The molecule has 7 heteroatoms. The number of hydrogen-bond donors (Lipinski definition) is 2. The number of carbonyl (C=O) groups is 1. The smallest absolute Gasteiger partial charge is 0.311 e. The van der Waals surface area contributed by atoms with Crippen LogP contribution in [-0.4, -0.2) is 14.3 Å². The highest BCUT2D eigenvalue weighted by Crippen LogP contribution is 2.32. The fourth-order valence-electron chi connectivity index (χ4n) is 3.37. The summed E-state index contributed by atoms with van der Waals surface area (Å²) >= 11 is 0. The molecule has 0 aromatic heterocycles. The van der Waals surface area contributed by atoms with Crippen LogP contribution in [0.5, 0.6) is 0 Å². The van der Waals surface area contributed by atoms with Crippen molar-refractivity contribution in [3.63, 3.8) is 0 Å². The molecule has 0 spiro atoms. The molecular formula is C19H21N3O3S. The summed E-state index contributed by atoms with van der Waals surface area (Å²) in [5, 5.41) is 3.01. The van der Waals surface area contributed by atoms with Crippen LogP contribution in [0.2, 0.25) is 0 Å². The van der Waals surface area contributed by atoms with E-state index in [0.717, 1.165) is 24.0 Å². The number of carbonyl (C=O) groups excluding carboxylic acids is 1. The van der Waals surface area contributed by atoms with Crippen LogP contribution >= 0.6 is 0 Å². The number of nitrogens with two attached hydrogens (primary N) is 1. The lowest BCUT2D eigenvalue weighted by Gasteiger charge is -2.16. The Morgan fingerprint density at radius 1 is 1.23 bits per heavy atom. The third-order valence-electron chi connectivity index (χ3n) is 4.63. The van der Waals surface area contributed by atoms with Gasteiger partial charge >= 0.3 is 10.5 Å². The first-order valence-corrected chi connectivity index (χ1v) is 9.56. The molecule has 2 atom stereocenters. The van der Waals surface area contributed by atoms with Gasteiger partial charge in [0.05, 0.1) is 12.5 Å². The van der Waals surface area contributed by atoms with Crippen molar-refractivity contribution >= 4 is 16.4 Å². The molecule has 2 aromatic rings. The highest BCUT2D eigenvalue weighted by Gasteiger charge is 2.25. The SMILES string of the molecule is NCc1ccc2c(c1)CCC2NC(=O)CC(N=S(=O)=O)c1ccccc1. The van der Waals surface area contributed by atoms with Crippen molar-refractivity contribution in [2.75, 3.05) is 0 Å². The lowest BCUT2D eigenvalue weighted by atomic mass is 10.0. The zero-order valence-corrected chi connectivity index (χ0v) is 15.1. The van der Waals surface area contributed by atoms with Crippen molar-refractivity contribution in [1.82, 2.24) is 5.32 Å². The number of benzene rings is 2. The minimum Gasteiger partial charge on any atom is -0.349 e. The Hall–Kier alpha value is -2.51. The van der Waals surface area contributed by atoms with E-state index in [-0.39, 0.29) is 18.4 Å². The van der Waals surface area contributed by atoms with Gasteiger partial charge in [0.2, 0.25) is 5.91 Å². The average Bonchev–Trinajstić information content (AvgIpc) is 3.03. The zero-order valence-electron chi connectivity index (χ0n) is 14.3. The van der Waals surface area contributed by atoms with E-state index in [2.05, 4.69) is 15.7 Å². The van der Waals surface area contributed by atoms with Crippen molar-refractivity contribution < 1.29 is 13.2 Å². The molecule has 1 amide bonds. The van der Waals surface area contributed by atoms with Gasteiger partial charge in [0, 0.05) is 6.54 Å². The van der Waals surface area contributed by atoms with Gasteiger partial charge in [-0.15, -0.1) is 0 Å². The summed E-state index contributed by atoms with van der Waals surface area (Å²) in [4.78, 5) is 12.5. The zero-order chi connectivity index (χ0) is 18.5. The Kier molecular flexibility index (Phi) is 5.80. The Balaban J connectivity index is 1.72. The summed E-state index contributed by atoms with van der Waals surface area (Å²) in [7, 11) is -2.57. The predicted molar refractivity (Wildman–Crippen MR) is 98.7 cm³/mol. The fourth-order valence-corrected chi connectivity index (χ4v) is 3.78. The van der Waals surface area contributed by atoms with Crippen molar-refractivity contribution in [1.29, 1.82) is 0 Å². The highest BCUT2D eigenvalue weighted by molar-refractivity contribution is 7.61. The lowest BCUT2D eigenvalue weighted by Crippen LogP contribution is -2.28. The second-order valence-electron chi connectivity index (χ2n) is 6.35. The van der Waals surface area contributed by atoms with Crippen LogP contribution in [0.4, 0.5) is 0 Å². The van der Waals surface area contributed by atoms with Crippen LogP contribution < -0.4 is 11.1 Å².